The summed E-state index contributed by atoms with van der Waals surface area (Å²) in [6, 6.07) is 28.0. The molecule has 2 aromatic heterocycles. The standard InChI is InChI=1S/C40H42N8O/c41-37(47-21-5-1-2-6-22-47)29-13-19-33-35(25-29)45-39(43-33)27-9-15-31(16-10-27)49-32-17-11-28(12-18-32)40-44-34-20-14-30(26-36(34)46-40)38(42)48-23-7-3-4-8-24-48/h9-20,25-26,41-42H,1-8,21-24H2,(H,43,45)(H,44,46). The van der Waals surface area contributed by atoms with Crippen molar-refractivity contribution in [1.82, 2.24) is 29.7 Å². The number of H-pyrrole nitrogens is 2. The van der Waals surface area contributed by atoms with Crippen LogP contribution in [0.25, 0.3) is 44.8 Å². The number of amidine groups is 2. The predicted molar refractivity (Wildman–Crippen MR) is 197 cm³/mol. The molecule has 0 unspecified atom stereocenters. The quantitative estimate of drug-likeness (QED) is 0.106. The lowest BCUT2D eigenvalue weighted by Crippen LogP contribution is -2.31. The van der Waals surface area contributed by atoms with Crippen LogP contribution in [0.5, 0.6) is 11.5 Å². The molecule has 2 fully saturated rings. The maximum absolute atomic E-state index is 8.78. The number of fused-ring (bicyclic) bond motifs is 2. The molecule has 6 aromatic rings. The highest BCUT2D eigenvalue weighted by Crippen LogP contribution is 2.29. The molecule has 0 spiro atoms. The summed E-state index contributed by atoms with van der Waals surface area (Å²) < 4.78 is 6.18. The number of nitrogens with one attached hydrogen (secondary N) is 4. The molecular weight excluding hydrogens is 608 g/mol. The number of aromatic amines is 2. The van der Waals surface area contributed by atoms with Crippen molar-refractivity contribution in [2.75, 3.05) is 26.2 Å². The number of rotatable bonds is 6. The molecule has 4 N–H and O–H groups in total. The van der Waals surface area contributed by atoms with Gasteiger partial charge in [0.05, 0.1) is 22.1 Å². The highest BCUT2D eigenvalue weighted by atomic mass is 16.5. The third kappa shape index (κ3) is 6.66. The fourth-order valence-corrected chi connectivity index (χ4v) is 7.03. The Balaban J connectivity index is 0.925. The summed E-state index contributed by atoms with van der Waals surface area (Å²) in [6.07, 6.45) is 9.60. The molecular formula is C40H42N8O. The first-order valence-corrected chi connectivity index (χ1v) is 17.6. The van der Waals surface area contributed by atoms with Crippen LogP contribution in [-0.2, 0) is 0 Å². The molecule has 8 rings (SSSR count). The van der Waals surface area contributed by atoms with E-state index >= 15 is 0 Å². The van der Waals surface area contributed by atoms with E-state index in [0.717, 1.165) is 119 Å². The third-order valence-electron chi connectivity index (χ3n) is 9.85. The molecule has 0 amide bonds. The van der Waals surface area contributed by atoms with E-state index in [1.165, 1.54) is 25.7 Å². The van der Waals surface area contributed by atoms with E-state index in [-0.39, 0.29) is 0 Å². The van der Waals surface area contributed by atoms with Crippen LogP contribution in [0.1, 0.15) is 62.5 Å². The molecule has 4 aromatic carbocycles. The Morgan fingerprint density at radius 2 is 0.898 bits per heavy atom. The normalized spacial score (nSPS) is 15.7. The molecule has 0 atom stereocenters. The van der Waals surface area contributed by atoms with Crippen molar-refractivity contribution in [3.05, 3.63) is 96.1 Å². The lowest BCUT2D eigenvalue weighted by Gasteiger charge is -2.23. The minimum atomic E-state index is 0.593. The SMILES string of the molecule is N=C(c1ccc2[nH]c(-c3ccc(Oc4ccc(-c5nc6cc(C(=N)N7CCCCCC7)ccc6[nH]5)cc4)cc3)nc2c1)N1CCCCCC1. The second-order valence-electron chi connectivity index (χ2n) is 13.3. The van der Waals surface area contributed by atoms with Gasteiger partial charge in [0.25, 0.3) is 0 Å². The van der Waals surface area contributed by atoms with Crippen LogP contribution < -0.4 is 4.74 Å². The molecule has 2 aliphatic rings. The zero-order chi connectivity index (χ0) is 33.2. The average molecular weight is 651 g/mol. The number of benzene rings is 4. The second kappa shape index (κ2) is 13.6. The van der Waals surface area contributed by atoms with Crippen LogP contribution in [-0.4, -0.2) is 67.6 Å². The van der Waals surface area contributed by atoms with Crippen molar-refractivity contribution in [3.63, 3.8) is 0 Å². The van der Waals surface area contributed by atoms with Gasteiger partial charge in [-0.2, -0.15) is 0 Å². The van der Waals surface area contributed by atoms with Gasteiger partial charge < -0.3 is 24.5 Å². The van der Waals surface area contributed by atoms with Gasteiger partial charge in [0, 0.05) is 48.4 Å². The van der Waals surface area contributed by atoms with Gasteiger partial charge in [0.2, 0.25) is 0 Å². The van der Waals surface area contributed by atoms with Crippen molar-refractivity contribution in [2.24, 2.45) is 0 Å². The number of ether oxygens (including phenoxy) is 1. The van der Waals surface area contributed by atoms with E-state index < -0.39 is 0 Å². The smallest absolute Gasteiger partial charge is 0.138 e. The summed E-state index contributed by atoms with van der Waals surface area (Å²) in [5.74, 6) is 4.25. The van der Waals surface area contributed by atoms with Crippen LogP contribution in [0.15, 0.2) is 84.9 Å². The van der Waals surface area contributed by atoms with Crippen molar-refractivity contribution in [3.8, 4) is 34.3 Å². The number of hydrogen-bond donors (Lipinski definition) is 4. The third-order valence-corrected chi connectivity index (χ3v) is 9.85. The van der Waals surface area contributed by atoms with Crippen molar-refractivity contribution in [1.29, 1.82) is 10.8 Å². The lowest BCUT2D eigenvalue weighted by atomic mass is 10.1. The number of nitrogens with zero attached hydrogens (tertiary/aromatic N) is 4. The van der Waals surface area contributed by atoms with Gasteiger partial charge in [-0.1, -0.05) is 25.7 Å². The Morgan fingerprint density at radius 1 is 0.510 bits per heavy atom. The molecule has 2 aliphatic heterocycles. The minimum absolute atomic E-state index is 0.593. The molecule has 248 valence electrons. The Hall–Kier alpha value is -5.44. The average Bonchev–Trinajstić information content (AvgIpc) is 3.51. The summed E-state index contributed by atoms with van der Waals surface area (Å²) in [7, 11) is 0. The van der Waals surface area contributed by atoms with E-state index in [9.17, 15) is 0 Å². The van der Waals surface area contributed by atoms with Gasteiger partial charge >= 0.3 is 0 Å². The molecule has 0 radical (unpaired) electrons. The van der Waals surface area contributed by atoms with Crippen LogP contribution in [0.4, 0.5) is 0 Å². The minimum Gasteiger partial charge on any atom is -0.457 e. The molecule has 9 heteroatoms. The van der Waals surface area contributed by atoms with Gasteiger partial charge in [-0.3, -0.25) is 10.8 Å². The number of likely N-dealkylation sites (tertiary alicyclic amines) is 2. The van der Waals surface area contributed by atoms with Crippen molar-refractivity contribution in [2.45, 2.75) is 51.4 Å². The zero-order valence-electron chi connectivity index (χ0n) is 27.8. The van der Waals surface area contributed by atoms with Gasteiger partial charge in [0.1, 0.15) is 34.8 Å². The van der Waals surface area contributed by atoms with Crippen LogP contribution in [0.2, 0.25) is 0 Å². The first-order valence-electron chi connectivity index (χ1n) is 17.6. The first-order chi connectivity index (χ1) is 24.1. The molecule has 0 saturated carbocycles. The van der Waals surface area contributed by atoms with Gasteiger partial charge in [0.15, 0.2) is 0 Å². The molecule has 9 nitrogen and oxygen atoms in total. The number of imidazole rings is 2. The second-order valence-corrected chi connectivity index (χ2v) is 13.3. The Morgan fingerprint density at radius 3 is 1.29 bits per heavy atom. The summed E-state index contributed by atoms with van der Waals surface area (Å²) in [6.45, 7) is 3.82. The van der Waals surface area contributed by atoms with Gasteiger partial charge in [-0.15, -0.1) is 0 Å². The first kappa shape index (κ1) is 30.9. The molecule has 2 saturated heterocycles. The van der Waals surface area contributed by atoms with Crippen LogP contribution in [0, 0.1) is 10.8 Å². The number of hydrogen-bond acceptors (Lipinski definition) is 5. The summed E-state index contributed by atoms with van der Waals surface area (Å²) >= 11 is 0. The van der Waals surface area contributed by atoms with Crippen molar-refractivity contribution >= 4 is 33.7 Å². The summed E-state index contributed by atoms with van der Waals surface area (Å²) in [5.41, 5.74) is 7.41. The molecule has 0 bridgehead atoms. The summed E-state index contributed by atoms with van der Waals surface area (Å²) in [5, 5.41) is 17.6. The Bertz CT molecular complexity index is 1940. The van der Waals surface area contributed by atoms with E-state index in [2.05, 4.69) is 19.8 Å². The monoisotopic (exact) mass is 650 g/mol. The molecule has 49 heavy (non-hydrogen) atoms. The predicted octanol–water partition coefficient (Wildman–Crippen LogP) is 8.97. The van der Waals surface area contributed by atoms with E-state index in [1.807, 2.05) is 84.9 Å². The van der Waals surface area contributed by atoms with Crippen LogP contribution in [0.3, 0.4) is 0 Å². The lowest BCUT2D eigenvalue weighted by molar-refractivity contribution is 0.433. The fraction of sp³-hybridized carbons (Fsp3) is 0.300. The highest BCUT2D eigenvalue weighted by molar-refractivity contribution is 6.00. The topological polar surface area (TPSA) is 121 Å². The molecule has 0 aliphatic carbocycles. The highest BCUT2D eigenvalue weighted by Gasteiger charge is 2.17. The fourth-order valence-electron chi connectivity index (χ4n) is 7.03. The van der Waals surface area contributed by atoms with E-state index in [4.69, 9.17) is 25.5 Å². The van der Waals surface area contributed by atoms with Crippen molar-refractivity contribution < 1.29 is 4.74 Å². The van der Waals surface area contributed by atoms with Gasteiger partial charge in [-0.05, 0) is 111 Å². The summed E-state index contributed by atoms with van der Waals surface area (Å²) in [4.78, 5) is 21.0. The van der Waals surface area contributed by atoms with Crippen LogP contribution >= 0.6 is 0 Å². The van der Waals surface area contributed by atoms with Gasteiger partial charge in [-0.25, -0.2) is 9.97 Å². The Labute approximate surface area is 286 Å². The largest absolute Gasteiger partial charge is 0.457 e. The molecule has 4 heterocycles. The number of aromatic nitrogens is 4. The maximum atomic E-state index is 8.78. The van der Waals surface area contributed by atoms with E-state index in [1.54, 1.807) is 0 Å². The van der Waals surface area contributed by atoms with E-state index in [0.29, 0.717) is 11.7 Å². The maximum Gasteiger partial charge on any atom is 0.138 e. The Kier molecular flexibility index (Phi) is 8.56. The zero-order valence-corrected chi connectivity index (χ0v) is 27.8.